The van der Waals surface area contributed by atoms with Crippen molar-refractivity contribution in [3.05, 3.63) is 90.2 Å². The smallest absolute Gasteiger partial charge is 0.229 e. The molecular formula is C22H19FN4. The molecule has 5 heteroatoms. The molecule has 4 aromatic rings. The highest BCUT2D eigenvalue weighted by molar-refractivity contribution is 5.90. The Labute approximate surface area is 157 Å². The molecule has 0 radical (unpaired) electrons. The molecule has 4 nitrogen and oxygen atoms in total. The summed E-state index contributed by atoms with van der Waals surface area (Å²) in [4.78, 5) is 9.19. The fraction of sp³-hybridized carbons (Fsp3) is 0.0909. The van der Waals surface area contributed by atoms with Crippen molar-refractivity contribution < 1.29 is 4.39 Å². The summed E-state index contributed by atoms with van der Waals surface area (Å²) in [6.07, 6.45) is 0. The maximum Gasteiger partial charge on any atom is 0.229 e. The van der Waals surface area contributed by atoms with Crippen LogP contribution < -0.4 is 10.6 Å². The number of para-hydroxylation sites is 1. The fourth-order valence-electron chi connectivity index (χ4n) is 2.97. The van der Waals surface area contributed by atoms with Crippen molar-refractivity contribution in [3.63, 3.8) is 0 Å². The first-order chi connectivity index (χ1) is 13.2. The van der Waals surface area contributed by atoms with E-state index < -0.39 is 0 Å². The van der Waals surface area contributed by atoms with Gasteiger partial charge >= 0.3 is 0 Å². The molecule has 1 aromatic heterocycles. The first-order valence-corrected chi connectivity index (χ1v) is 8.80. The predicted octanol–water partition coefficient (Wildman–Crippen LogP) is 5.69. The van der Waals surface area contributed by atoms with Gasteiger partial charge < -0.3 is 10.6 Å². The van der Waals surface area contributed by atoms with Crippen LogP contribution in [0.1, 0.15) is 18.5 Å². The molecular weight excluding hydrogens is 339 g/mol. The summed E-state index contributed by atoms with van der Waals surface area (Å²) < 4.78 is 13.5. The van der Waals surface area contributed by atoms with Gasteiger partial charge in [0.15, 0.2) is 0 Å². The standard InChI is InChI=1S/C22H19FN4/c1-15(16-8-3-2-4-9-16)24-21-19-12-5-6-13-20(19)26-22(27-21)25-18-11-7-10-17(23)14-18/h2-15H,1H3,(H2,24,25,26,27). The third-order valence-corrected chi connectivity index (χ3v) is 4.34. The van der Waals surface area contributed by atoms with Gasteiger partial charge in [-0.2, -0.15) is 4.98 Å². The summed E-state index contributed by atoms with van der Waals surface area (Å²) in [5.41, 5.74) is 2.58. The minimum atomic E-state index is -0.308. The van der Waals surface area contributed by atoms with E-state index >= 15 is 0 Å². The lowest BCUT2D eigenvalue weighted by Crippen LogP contribution is -2.10. The highest BCUT2D eigenvalue weighted by Crippen LogP contribution is 2.27. The summed E-state index contributed by atoms with van der Waals surface area (Å²) in [5.74, 6) is 0.842. The molecule has 0 amide bonds. The van der Waals surface area contributed by atoms with Gasteiger partial charge in [-0.25, -0.2) is 9.37 Å². The molecule has 3 aromatic carbocycles. The van der Waals surface area contributed by atoms with Crippen LogP contribution in [0, 0.1) is 5.82 Å². The predicted molar refractivity (Wildman–Crippen MR) is 108 cm³/mol. The molecule has 0 saturated carbocycles. The quantitative estimate of drug-likeness (QED) is 0.481. The Morgan fingerprint density at radius 2 is 1.63 bits per heavy atom. The zero-order valence-corrected chi connectivity index (χ0v) is 14.9. The molecule has 134 valence electrons. The Hall–Kier alpha value is -3.47. The summed E-state index contributed by atoms with van der Waals surface area (Å²) >= 11 is 0. The van der Waals surface area contributed by atoms with Crippen molar-refractivity contribution in [2.75, 3.05) is 10.6 Å². The van der Waals surface area contributed by atoms with Crippen molar-refractivity contribution in [2.24, 2.45) is 0 Å². The van der Waals surface area contributed by atoms with Gasteiger partial charge in [0.2, 0.25) is 5.95 Å². The third kappa shape index (κ3) is 3.87. The SMILES string of the molecule is CC(Nc1nc(Nc2cccc(F)c2)nc2ccccc12)c1ccccc1. The molecule has 0 saturated heterocycles. The number of nitrogens with one attached hydrogen (secondary N) is 2. The molecule has 4 rings (SSSR count). The Morgan fingerprint density at radius 3 is 2.44 bits per heavy atom. The normalized spacial score (nSPS) is 11.9. The number of benzene rings is 3. The van der Waals surface area contributed by atoms with Gasteiger partial charge in [-0.1, -0.05) is 48.5 Å². The van der Waals surface area contributed by atoms with E-state index in [0.717, 1.165) is 16.7 Å². The van der Waals surface area contributed by atoms with Crippen LogP contribution in [-0.4, -0.2) is 9.97 Å². The number of rotatable bonds is 5. The average molecular weight is 358 g/mol. The summed E-state index contributed by atoms with van der Waals surface area (Å²) in [6, 6.07) is 24.3. The van der Waals surface area contributed by atoms with Crippen LogP contribution in [0.15, 0.2) is 78.9 Å². The Morgan fingerprint density at radius 1 is 0.852 bits per heavy atom. The maximum absolute atomic E-state index is 13.5. The van der Waals surface area contributed by atoms with E-state index in [0.29, 0.717) is 11.6 Å². The summed E-state index contributed by atoms with van der Waals surface area (Å²) in [7, 11) is 0. The van der Waals surface area contributed by atoms with E-state index in [2.05, 4.69) is 39.7 Å². The Bertz CT molecular complexity index is 1070. The average Bonchev–Trinajstić information content (AvgIpc) is 2.69. The number of halogens is 1. The van der Waals surface area contributed by atoms with Crippen LogP contribution in [-0.2, 0) is 0 Å². The summed E-state index contributed by atoms with van der Waals surface area (Å²) in [5, 5.41) is 7.50. The molecule has 2 N–H and O–H groups in total. The summed E-state index contributed by atoms with van der Waals surface area (Å²) in [6.45, 7) is 2.09. The third-order valence-electron chi connectivity index (χ3n) is 4.34. The lowest BCUT2D eigenvalue weighted by atomic mass is 10.1. The minimum Gasteiger partial charge on any atom is -0.363 e. The number of hydrogen-bond acceptors (Lipinski definition) is 4. The molecule has 0 fully saturated rings. The van der Waals surface area contributed by atoms with Crippen molar-refractivity contribution >= 4 is 28.4 Å². The Balaban J connectivity index is 1.70. The highest BCUT2D eigenvalue weighted by Gasteiger charge is 2.12. The molecule has 0 aliphatic rings. The molecule has 0 spiro atoms. The van der Waals surface area contributed by atoms with Gasteiger partial charge in [-0.15, -0.1) is 0 Å². The maximum atomic E-state index is 13.5. The van der Waals surface area contributed by atoms with Crippen molar-refractivity contribution in [3.8, 4) is 0 Å². The molecule has 1 heterocycles. The first kappa shape index (κ1) is 17.0. The van der Waals surface area contributed by atoms with Crippen molar-refractivity contribution in [2.45, 2.75) is 13.0 Å². The van der Waals surface area contributed by atoms with Gasteiger partial charge in [0.05, 0.1) is 5.52 Å². The number of anilines is 3. The zero-order valence-electron chi connectivity index (χ0n) is 14.9. The molecule has 0 bridgehead atoms. The molecule has 0 aliphatic carbocycles. The van der Waals surface area contributed by atoms with Crippen LogP contribution in [0.5, 0.6) is 0 Å². The number of nitrogens with zero attached hydrogens (tertiary/aromatic N) is 2. The van der Waals surface area contributed by atoms with Crippen LogP contribution in [0.4, 0.5) is 21.8 Å². The lowest BCUT2D eigenvalue weighted by Gasteiger charge is -2.17. The second-order valence-electron chi connectivity index (χ2n) is 6.33. The monoisotopic (exact) mass is 358 g/mol. The highest BCUT2D eigenvalue weighted by atomic mass is 19.1. The van der Waals surface area contributed by atoms with Crippen LogP contribution in [0.2, 0.25) is 0 Å². The second-order valence-corrected chi connectivity index (χ2v) is 6.33. The second kappa shape index (κ2) is 7.41. The minimum absolute atomic E-state index is 0.0755. The van der Waals surface area contributed by atoms with Crippen LogP contribution in [0.3, 0.4) is 0 Å². The van der Waals surface area contributed by atoms with E-state index in [1.165, 1.54) is 17.7 Å². The Kier molecular flexibility index (Phi) is 4.66. The van der Waals surface area contributed by atoms with Gasteiger partial charge in [0.25, 0.3) is 0 Å². The van der Waals surface area contributed by atoms with Crippen molar-refractivity contribution in [1.29, 1.82) is 0 Å². The van der Waals surface area contributed by atoms with Crippen LogP contribution >= 0.6 is 0 Å². The molecule has 1 unspecified atom stereocenters. The lowest BCUT2D eigenvalue weighted by molar-refractivity contribution is 0.628. The first-order valence-electron chi connectivity index (χ1n) is 8.80. The van der Waals surface area contributed by atoms with E-state index in [9.17, 15) is 4.39 Å². The van der Waals surface area contributed by atoms with Gasteiger partial charge in [0, 0.05) is 17.1 Å². The zero-order chi connectivity index (χ0) is 18.6. The number of fused-ring (bicyclic) bond motifs is 1. The molecule has 27 heavy (non-hydrogen) atoms. The number of aromatic nitrogens is 2. The largest absolute Gasteiger partial charge is 0.363 e. The van der Waals surface area contributed by atoms with E-state index in [4.69, 9.17) is 0 Å². The van der Waals surface area contributed by atoms with Gasteiger partial charge in [0.1, 0.15) is 11.6 Å². The van der Waals surface area contributed by atoms with E-state index in [1.54, 1.807) is 12.1 Å². The van der Waals surface area contributed by atoms with E-state index in [-0.39, 0.29) is 11.9 Å². The molecule has 1 atom stereocenters. The van der Waals surface area contributed by atoms with Crippen LogP contribution in [0.25, 0.3) is 10.9 Å². The number of hydrogen-bond donors (Lipinski definition) is 2. The topological polar surface area (TPSA) is 49.8 Å². The van der Waals surface area contributed by atoms with Crippen molar-refractivity contribution in [1.82, 2.24) is 9.97 Å². The van der Waals surface area contributed by atoms with E-state index in [1.807, 2.05) is 42.5 Å². The van der Waals surface area contributed by atoms with Gasteiger partial charge in [-0.3, -0.25) is 0 Å². The molecule has 0 aliphatic heterocycles. The van der Waals surface area contributed by atoms with Gasteiger partial charge in [-0.05, 0) is 42.8 Å². The fourth-order valence-corrected chi connectivity index (χ4v) is 2.97.